The molecule has 3 aromatic heterocycles. The molecule has 7 nitrogen and oxygen atoms in total. The summed E-state index contributed by atoms with van der Waals surface area (Å²) in [5.41, 5.74) is -0.295. The highest BCUT2D eigenvalue weighted by molar-refractivity contribution is 5.74. The Morgan fingerprint density at radius 2 is 2.21 bits per heavy atom. The van der Waals surface area contributed by atoms with Crippen LogP contribution in [0.5, 0.6) is 0 Å². The second-order valence-electron chi connectivity index (χ2n) is 4.17. The molecule has 7 heteroatoms. The zero-order valence-corrected chi connectivity index (χ0v) is 10.3. The number of H-pyrrole nitrogens is 2. The summed E-state index contributed by atoms with van der Waals surface area (Å²) in [6, 6.07) is 3.46. The zero-order chi connectivity index (χ0) is 13.4. The van der Waals surface area contributed by atoms with Gasteiger partial charge in [-0.2, -0.15) is 0 Å². The summed E-state index contributed by atoms with van der Waals surface area (Å²) in [5.74, 6) is 0.951. The fourth-order valence-electron chi connectivity index (χ4n) is 2.00. The Morgan fingerprint density at radius 1 is 1.37 bits per heavy atom. The standard InChI is InChI=1S/C12H12N4O3/c1-2-5-16-10-8(11(17)15-12(16)18)13-9(14-10)7-4-3-6-19-7/h3-4,6H,2,5H2,1H3,(H,13,14)(H,15,17,18). The first-order chi connectivity index (χ1) is 9.20. The number of hydrogen-bond acceptors (Lipinski definition) is 4. The van der Waals surface area contributed by atoms with Gasteiger partial charge in [0.1, 0.15) is 5.52 Å². The molecule has 0 aliphatic rings. The Bertz CT molecular complexity index is 823. The molecule has 0 atom stereocenters. The summed E-state index contributed by atoms with van der Waals surface area (Å²) in [5, 5.41) is 0. The predicted molar refractivity (Wildman–Crippen MR) is 69.0 cm³/mol. The fraction of sp³-hybridized carbons (Fsp3) is 0.250. The van der Waals surface area contributed by atoms with Crippen LogP contribution < -0.4 is 11.2 Å². The first-order valence-corrected chi connectivity index (χ1v) is 5.97. The van der Waals surface area contributed by atoms with E-state index in [2.05, 4.69) is 15.0 Å². The molecular formula is C12H12N4O3. The SMILES string of the molecule is CCCn1c(=O)[nH]c(=O)c2[nH]c(-c3ccco3)nc21. The van der Waals surface area contributed by atoms with E-state index in [1.54, 1.807) is 12.1 Å². The van der Waals surface area contributed by atoms with Crippen molar-refractivity contribution in [1.82, 2.24) is 19.5 Å². The van der Waals surface area contributed by atoms with E-state index in [0.717, 1.165) is 6.42 Å². The molecule has 0 aliphatic carbocycles. The number of aryl methyl sites for hydroxylation is 1. The summed E-state index contributed by atoms with van der Waals surface area (Å²) in [6.45, 7) is 2.44. The van der Waals surface area contributed by atoms with Crippen molar-refractivity contribution >= 4 is 11.2 Å². The van der Waals surface area contributed by atoms with Gasteiger partial charge < -0.3 is 9.40 Å². The third-order valence-electron chi connectivity index (χ3n) is 2.83. The molecule has 0 amide bonds. The monoisotopic (exact) mass is 260 g/mol. The zero-order valence-electron chi connectivity index (χ0n) is 10.3. The van der Waals surface area contributed by atoms with Gasteiger partial charge in [0.05, 0.1) is 6.26 Å². The number of furan rings is 1. The first kappa shape index (κ1) is 11.5. The molecule has 3 heterocycles. The number of rotatable bonds is 3. The molecule has 98 valence electrons. The van der Waals surface area contributed by atoms with Crippen LogP contribution in [-0.4, -0.2) is 19.5 Å². The van der Waals surface area contributed by atoms with Gasteiger partial charge in [0, 0.05) is 6.54 Å². The van der Waals surface area contributed by atoms with Gasteiger partial charge in [0.25, 0.3) is 5.56 Å². The highest BCUT2D eigenvalue weighted by Crippen LogP contribution is 2.18. The van der Waals surface area contributed by atoms with Crippen LogP contribution >= 0.6 is 0 Å². The third-order valence-corrected chi connectivity index (χ3v) is 2.83. The topological polar surface area (TPSA) is 96.7 Å². The molecule has 0 spiro atoms. The van der Waals surface area contributed by atoms with Crippen molar-refractivity contribution in [3.8, 4) is 11.6 Å². The van der Waals surface area contributed by atoms with E-state index in [4.69, 9.17) is 4.42 Å². The Balaban J connectivity index is 2.32. The number of aromatic nitrogens is 4. The second-order valence-corrected chi connectivity index (χ2v) is 4.17. The molecule has 0 fully saturated rings. The van der Waals surface area contributed by atoms with Gasteiger partial charge in [-0.05, 0) is 18.6 Å². The average Bonchev–Trinajstić information content (AvgIpc) is 3.02. The van der Waals surface area contributed by atoms with E-state index >= 15 is 0 Å². The van der Waals surface area contributed by atoms with Crippen LogP contribution in [0.1, 0.15) is 13.3 Å². The van der Waals surface area contributed by atoms with Crippen LogP contribution in [0.15, 0.2) is 32.4 Å². The highest BCUT2D eigenvalue weighted by atomic mass is 16.3. The molecule has 0 radical (unpaired) electrons. The Hall–Kier alpha value is -2.57. The van der Waals surface area contributed by atoms with Gasteiger partial charge >= 0.3 is 5.69 Å². The van der Waals surface area contributed by atoms with E-state index in [1.807, 2.05) is 6.92 Å². The van der Waals surface area contributed by atoms with E-state index in [0.29, 0.717) is 23.8 Å². The van der Waals surface area contributed by atoms with Crippen molar-refractivity contribution in [2.75, 3.05) is 0 Å². The van der Waals surface area contributed by atoms with Gasteiger partial charge in [0.2, 0.25) is 0 Å². The number of nitrogens with one attached hydrogen (secondary N) is 2. The third kappa shape index (κ3) is 1.79. The molecule has 0 saturated carbocycles. The van der Waals surface area contributed by atoms with Crippen molar-refractivity contribution in [2.24, 2.45) is 0 Å². The number of imidazole rings is 1. The van der Waals surface area contributed by atoms with Crippen molar-refractivity contribution in [2.45, 2.75) is 19.9 Å². The molecular weight excluding hydrogens is 248 g/mol. The summed E-state index contributed by atoms with van der Waals surface area (Å²) < 4.78 is 6.67. The van der Waals surface area contributed by atoms with E-state index < -0.39 is 11.2 Å². The summed E-state index contributed by atoms with van der Waals surface area (Å²) in [4.78, 5) is 33.0. The van der Waals surface area contributed by atoms with Crippen LogP contribution in [0.4, 0.5) is 0 Å². The van der Waals surface area contributed by atoms with Crippen LogP contribution in [0, 0.1) is 0 Å². The molecule has 0 bridgehead atoms. The maximum Gasteiger partial charge on any atom is 0.330 e. The van der Waals surface area contributed by atoms with Crippen molar-refractivity contribution < 1.29 is 4.42 Å². The lowest BCUT2D eigenvalue weighted by Crippen LogP contribution is -2.30. The van der Waals surface area contributed by atoms with E-state index in [-0.39, 0.29) is 5.52 Å². The van der Waals surface area contributed by atoms with E-state index in [9.17, 15) is 9.59 Å². The summed E-state index contributed by atoms with van der Waals surface area (Å²) >= 11 is 0. The number of nitrogens with zero attached hydrogens (tertiary/aromatic N) is 2. The number of fused-ring (bicyclic) bond motifs is 1. The van der Waals surface area contributed by atoms with Gasteiger partial charge in [-0.1, -0.05) is 6.92 Å². The number of aromatic amines is 2. The van der Waals surface area contributed by atoms with Gasteiger partial charge in [-0.15, -0.1) is 0 Å². The minimum atomic E-state index is -0.474. The van der Waals surface area contributed by atoms with Crippen LogP contribution in [-0.2, 0) is 6.54 Å². The van der Waals surface area contributed by atoms with Gasteiger partial charge in [-0.3, -0.25) is 14.3 Å². The Kier molecular flexibility index (Phi) is 2.59. The molecule has 19 heavy (non-hydrogen) atoms. The van der Waals surface area contributed by atoms with Crippen LogP contribution in [0.25, 0.3) is 22.7 Å². The fourth-order valence-corrected chi connectivity index (χ4v) is 2.00. The first-order valence-electron chi connectivity index (χ1n) is 5.97. The van der Waals surface area contributed by atoms with Crippen LogP contribution in [0.2, 0.25) is 0 Å². The summed E-state index contributed by atoms with van der Waals surface area (Å²) in [7, 11) is 0. The van der Waals surface area contributed by atoms with Crippen molar-refractivity contribution in [3.05, 3.63) is 39.2 Å². The Morgan fingerprint density at radius 3 is 2.89 bits per heavy atom. The van der Waals surface area contributed by atoms with Gasteiger partial charge in [0.15, 0.2) is 17.2 Å². The van der Waals surface area contributed by atoms with Crippen molar-refractivity contribution in [1.29, 1.82) is 0 Å². The molecule has 3 rings (SSSR count). The minimum Gasteiger partial charge on any atom is -0.461 e. The Labute approximate surface area is 106 Å². The van der Waals surface area contributed by atoms with E-state index in [1.165, 1.54) is 10.8 Å². The normalized spacial score (nSPS) is 11.2. The lowest BCUT2D eigenvalue weighted by atomic mass is 10.4. The smallest absolute Gasteiger partial charge is 0.330 e. The van der Waals surface area contributed by atoms with Gasteiger partial charge in [-0.25, -0.2) is 9.78 Å². The average molecular weight is 260 g/mol. The molecule has 0 aliphatic heterocycles. The molecule has 0 saturated heterocycles. The van der Waals surface area contributed by atoms with Crippen LogP contribution in [0.3, 0.4) is 0 Å². The molecule has 0 unspecified atom stereocenters. The highest BCUT2D eigenvalue weighted by Gasteiger charge is 2.14. The lowest BCUT2D eigenvalue weighted by Gasteiger charge is -2.02. The largest absolute Gasteiger partial charge is 0.461 e. The number of hydrogen-bond donors (Lipinski definition) is 2. The van der Waals surface area contributed by atoms with Crippen molar-refractivity contribution in [3.63, 3.8) is 0 Å². The quantitative estimate of drug-likeness (QED) is 0.736. The molecule has 0 aromatic carbocycles. The maximum absolute atomic E-state index is 11.8. The molecule has 3 aromatic rings. The minimum absolute atomic E-state index is 0.277. The predicted octanol–water partition coefficient (Wildman–Crippen LogP) is 1.08. The summed E-state index contributed by atoms with van der Waals surface area (Å²) in [6.07, 6.45) is 2.29. The molecule has 2 N–H and O–H groups in total. The lowest BCUT2D eigenvalue weighted by molar-refractivity contribution is 0.578. The maximum atomic E-state index is 11.8. The second kappa shape index (κ2) is 4.27.